The lowest BCUT2D eigenvalue weighted by Gasteiger charge is -2.09. The highest BCUT2D eigenvalue weighted by molar-refractivity contribution is 5.92. The van der Waals surface area contributed by atoms with Crippen LogP contribution in [0.1, 0.15) is 31.1 Å². The van der Waals surface area contributed by atoms with Gasteiger partial charge in [-0.05, 0) is 36.4 Å². The molecule has 0 saturated carbocycles. The topological polar surface area (TPSA) is 262 Å². The first-order valence-corrected chi connectivity index (χ1v) is 21.1. The summed E-state index contributed by atoms with van der Waals surface area (Å²) in [4.78, 5) is 52.5. The maximum absolute atomic E-state index is 13.5. The third-order valence-electron chi connectivity index (χ3n) is 8.80. The molecule has 0 amide bonds. The highest BCUT2D eigenvalue weighted by atomic mass is 16.6. The lowest BCUT2D eigenvalue weighted by molar-refractivity contribution is 0.00552. The molecule has 0 unspecified atom stereocenters. The molecule has 0 radical (unpaired) electrons. The molecule has 24 nitrogen and oxygen atoms in total. The number of methoxy groups -OCH3 is 3. The van der Waals surface area contributed by atoms with E-state index in [2.05, 4.69) is 30.6 Å². The summed E-state index contributed by atoms with van der Waals surface area (Å²) < 4.78 is 66.2. The summed E-state index contributed by atoms with van der Waals surface area (Å²) in [5, 5.41) is 17.0. The monoisotopic (exact) mass is 937 g/mol. The zero-order valence-corrected chi connectivity index (χ0v) is 37.7. The summed E-state index contributed by atoms with van der Waals surface area (Å²) in [6.07, 6.45) is 5.92. The molecule has 0 aromatic carbocycles. The second kappa shape index (κ2) is 30.1. The van der Waals surface area contributed by atoms with Crippen molar-refractivity contribution in [1.82, 2.24) is 44.9 Å². The Morgan fingerprint density at radius 1 is 0.418 bits per heavy atom. The van der Waals surface area contributed by atoms with Crippen LogP contribution in [0, 0.1) is 0 Å². The number of rotatable bonds is 34. The van der Waals surface area contributed by atoms with E-state index >= 15 is 0 Å². The first kappa shape index (κ1) is 51.8. The van der Waals surface area contributed by atoms with Gasteiger partial charge in [-0.2, -0.15) is 0 Å². The summed E-state index contributed by atoms with van der Waals surface area (Å²) in [6, 6.07) is 8.97. The highest BCUT2D eigenvalue weighted by Crippen LogP contribution is 2.24. The molecule has 5 aromatic heterocycles. The van der Waals surface area contributed by atoms with Crippen molar-refractivity contribution in [2.75, 3.05) is 140 Å². The number of esters is 3. The van der Waals surface area contributed by atoms with Gasteiger partial charge in [0.2, 0.25) is 0 Å². The van der Waals surface area contributed by atoms with Crippen LogP contribution in [0.2, 0.25) is 0 Å². The number of carbonyl (C=O) groups is 3. The van der Waals surface area contributed by atoms with E-state index in [-0.39, 0.29) is 90.7 Å². The Morgan fingerprint density at radius 2 is 0.746 bits per heavy atom. The number of hydrogen-bond acceptors (Lipinski definition) is 22. The van der Waals surface area contributed by atoms with Crippen molar-refractivity contribution in [3.63, 3.8) is 0 Å². The SMILES string of the molecule is COCCOCCOCCOC(=O)c1cc(-c2cn(-c3cc(C(=O)OCCOCCOCCOC)ccn3)nn2)nc(-c2cn(-c3cc(C(=O)OCCOCCOCCOC)ccn3)nn2)c1. The molecule has 0 bridgehead atoms. The van der Waals surface area contributed by atoms with E-state index in [0.717, 1.165) is 0 Å². The van der Waals surface area contributed by atoms with Crippen LogP contribution < -0.4 is 0 Å². The van der Waals surface area contributed by atoms with Gasteiger partial charge in [-0.1, -0.05) is 10.4 Å². The molecule has 0 aliphatic rings. The molecule has 0 saturated heterocycles. The van der Waals surface area contributed by atoms with Gasteiger partial charge in [0, 0.05) is 33.7 Å². The highest BCUT2D eigenvalue weighted by Gasteiger charge is 2.19. The van der Waals surface area contributed by atoms with Crippen molar-refractivity contribution in [2.45, 2.75) is 0 Å². The summed E-state index contributed by atoms with van der Waals surface area (Å²) in [5.41, 5.74) is 1.49. The fourth-order valence-corrected chi connectivity index (χ4v) is 5.46. The van der Waals surface area contributed by atoms with Crippen LogP contribution in [-0.4, -0.2) is 203 Å². The van der Waals surface area contributed by atoms with Crippen molar-refractivity contribution in [3.05, 3.63) is 77.9 Å². The summed E-state index contributed by atoms with van der Waals surface area (Å²) in [6.45, 7) is 5.45. The van der Waals surface area contributed by atoms with Crippen LogP contribution >= 0.6 is 0 Å². The van der Waals surface area contributed by atoms with Crippen molar-refractivity contribution >= 4 is 17.9 Å². The molecule has 5 aromatic rings. The third kappa shape index (κ3) is 18.2. The fraction of sp³-hybridized carbons (Fsp3) is 0.488. The van der Waals surface area contributed by atoms with E-state index in [1.54, 1.807) is 21.3 Å². The Balaban J connectivity index is 1.26. The number of carbonyl (C=O) groups excluding carboxylic acids is 3. The Bertz CT molecular complexity index is 2110. The van der Waals surface area contributed by atoms with E-state index in [1.807, 2.05) is 0 Å². The molecule has 0 aliphatic heterocycles. The average molecular weight is 938 g/mol. The molecular weight excluding hydrogens is 883 g/mol. The van der Waals surface area contributed by atoms with E-state index in [4.69, 9.17) is 61.8 Å². The average Bonchev–Trinajstić information content (AvgIpc) is 4.07. The quantitative estimate of drug-likeness (QED) is 0.0324. The van der Waals surface area contributed by atoms with Gasteiger partial charge in [-0.3, -0.25) is 0 Å². The lowest BCUT2D eigenvalue weighted by atomic mass is 10.1. The molecular formula is C43H55N9O15. The van der Waals surface area contributed by atoms with Crippen molar-refractivity contribution in [3.8, 4) is 34.4 Å². The van der Waals surface area contributed by atoms with Gasteiger partial charge in [-0.15, -0.1) is 10.2 Å². The second-order valence-corrected chi connectivity index (χ2v) is 13.6. The number of nitrogens with zero attached hydrogens (tertiary/aromatic N) is 9. The maximum atomic E-state index is 13.5. The van der Waals surface area contributed by atoms with E-state index in [1.165, 1.54) is 70.5 Å². The third-order valence-corrected chi connectivity index (χ3v) is 8.80. The van der Waals surface area contributed by atoms with Gasteiger partial charge in [-0.25, -0.2) is 38.7 Å². The number of hydrogen-bond donors (Lipinski definition) is 0. The Kier molecular flexibility index (Phi) is 23.3. The number of ether oxygens (including phenoxy) is 12. The van der Waals surface area contributed by atoms with Crippen molar-refractivity contribution in [2.24, 2.45) is 0 Å². The minimum Gasteiger partial charge on any atom is -0.460 e. The van der Waals surface area contributed by atoms with Crippen LogP contribution in [0.4, 0.5) is 0 Å². The minimum absolute atomic E-state index is 0.0294. The fourth-order valence-electron chi connectivity index (χ4n) is 5.46. The van der Waals surface area contributed by atoms with Crippen LogP contribution in [0.3, 0.4) is 0 Å². The van der Waals surface area contributed by atoms with Crippen LogP contribution in [0.25, 0.3) is 34.4 Å². The predicted octanol–water partition coefficient (Wildman–Crippen LogP) is 1.88. The molecule has 5 rings (SSSR count). The molecule has 0 atom stereocenters. The van der Waals surface area contributed by atoms with Gasteiger partial charge in [0.15, 0.2) is 11.6 Å². The largest absolute Gasteiger partial charge is 0.460 e. The van der Waals surface area contributed by atoms with Crippen molar-refractivity contribution < 1.29 is 71.2 Å². The molecule has 0 fully saturated rings. The first-order chi connectivity index (χ1) is 32.9. The van der Waals surface area contributed by atoms with Crippen LogP contribution in [0.5, 0.6) is 0 Å². The molecule has 5 heterocycles. The zero-order valence-electron chi connectivity index (χ0n) is 37.7. The molecule has 24 heteroatoms. The van der Waals surface area contributed by atoms with Gasteiger partial charge in [0.1, 0.15) is 31.2 Å². The lowest BCUT2D eigenvalue weighted by Crippen LogP contribution is -2.14. The molecule has 0 N–H and O–H groups in total. The van der Waals surface area contributed by atoms with Crippen molar-refractivity contribution in [1.29, 1.82) is 0 Å². The zero-order chi connectivity index (χ0) is 47.3. The van der Waals surface area contributed by atoms with Gasteiger partial charge >= 0.3 is 17.9 Å². The molecule has 362 valence electrons. The van der Waals surface area contributed by atoms with Gasteiger partial charge < -0.3 is 56.8 Å². The standard InChI is InChI=1S/C43H55N9O15/c1-56-8-11-59-14-17-62-20-23-65-41(53)32-4-6-44-39(28-32)51-30-37(47-49-51)35-26-34(43(55)67-25-22-64-19-16-61-13-10-58-3)27-36(46-35)38-31-52(50-48-38)40-29-33(5-7-45-40)42(54)66-24-21-63-18-15-60-12-9-57-2/h4-7,26-31H,8-25H2,1-3H3. The van der Waals surface area contributed by atoms with E-state index < -0.39 is 17.9 Å². The first-order valence-electron chi connectivity index (χ1n) is 21.1. The smallest absolute Gasteiger partial charge is 0.338 e. The summed E-state index contributed by atoms with van der Waals surface area (Å²) >= 11 is 0. The predicted molar refractivity (Wildman–Crippen MR) is 232 cm³/mol. The molecule has 0 aliphatic carbocycles. The molecule has 67 heavy (non-hydrogen) atoms. The minimum atomic E-state index is -0.674. The van der Waals surface area contributed by atoms with Gasteiger partial charge in [0.05, 0.1) is 140 Å². The second-order valence-electron chi connectivity index (χ2n) is 13.6. The Morgan fingerprint density at radius 3 is 1.10 bits per heavy atom. The Hall–Kier alpha value is -6.22. The van der Waals surface area contributed by atoms with Crippen LogP contribution in [0.15, 0.2) is 61.2 Å². The van der Waals surface area contributed by atoms with Crippen LogP contribution in [-0.2, 0) is 56.8 Å². The van der Waals surface area contributed by atoms with Gasteiger partial charge in [0.25, 0.3) is 0 Å². The summed E-state index contributed by atoms with van der Waals surface area (Å²) in [7, 11) is 4.77. The molecule has 0 spiro atoms. The van der Waals surface area contributed by atoms with E-state index in [9.17, 15) is 14.4 Å². The summed E-state index contributed by atoms with van der Waals surface area (Å²) in [5.74, 6) is -1.34. The Labute approximate surface area is 386 Å². The maximum Gasteiger partial charge on any atom is 0.338 e. The normalized spacial score (nSPS) is 11.2. The van der Waals surface area contributed by atoms with E-state index in [0.29, 0.717) is 79.3 Å². The number of aromatic nitrogens is 9. The number of pyridine rings is 3.